The van der Waals surface area contributed by atoms with Gasteiger partial charge in [0.05, 0.1) is 5.69 Å². The molecule has 0 fully saturated rings. The van der Waals surface area contributed by atoms with E-state index in [2.05, 4.69) is 9.71 Å². The Bertz CT molecular complexity index is 961. The van der Waals surface area contributed by atoms with Crippen molar-refractivity contribution in [3.63, 3.8) is 0 Å². The van der Waals surface area contributed by atoms with E-state index in [-0.39, 0.29) is 16.7 Å². The van der Waals surface area contributed by atoms with E-state index in [1.54, 1.807) is 31.5 Å². The normalized spacial score (nSPS) is 13.2. The van der Waals surface area contributed by atoms with Gasteiger partial charge in [-0.05, 0) is 29.5 Å². The second kappa shape index (κ2) is 7.56. The molecule has 3 aromatic rings. The van der Waals surface area contributed by atoms with Crippen LogP contribution in [0.5, 0.6) is 0 Å². The first kappa shape index (κ1) is 18.6. The van der Waals surface area contributed by atoms with Gasteiger partial charge in [0.2, 0.25) is 0 Å². The molecule has 9 heteroatoms. The number of sulfonamides is 1. The number of pyridine rings is 1. The molecule has 0 bridgehead atoms. The van der Waals surface area contributed by atoms with Gasteiger partial charge in [0, 0.05) is 12.4 Å². The average molecular weight is 393 g/mol. The molecule has 3 heterocycles. The largest absolute Gasteiger partial charge is 0.458 e. The van der Waals surface area contributed by atoms with E-state index in [1.165, 1.54) is 6.07 Å². The summed E-state index contributed by atoms with van der Waals surface area (Å²) in [5.74, 6) is -0.893. The van der Waals surface area contributed by atoms with E-state index in [0.717, 1.165) is 17.0 Å². The molecule has 138 valence electrons. The first-order valence-corrected chi connectivity index (χ1v) is 10.4. The third-order valence-corrected chi connectivity index (χ3v) is 6.58. The molecule has 0 saturated heterocycles. The molecule has 1 N–H and O–H groups in total. The Balaban J connectivity index is 1.69. The summed E-state index contributed by atoms with van der Waals surface area (Å²) in [7, 11) is -3.76. The van der Waals surface area contributed by atoms with Crippen LogP contribution in [-0.2, 0) is 26.2 Å². The summed E-state index contributed by atoms with van der Waals surface area (Å²) in [6.45, 7) is 3.49. The Morgan fingerprint density at radius 1 is 1.31 bits per heavy atom. The Hall–Kier alpha value is -2.23. The molecule has 0 aliphatic heterocycles. The van der Waals surface area contributed by atoms with Crippen molar-refractivity contribution in [2.75, 3.05) is 0 Å². The Morgan fingerprint density at radius 2 is 2.12 bits per heavy atom. The number of ether oxygens (including phenoxy) is 1. The number of rotatable bonds is 7. The number of thiophene rings is 1. The molecule has 3 rings (SSSR count). The summed E-state index contributed by atoms with van der Waals surface area (Å²) >= 11 is 1.09. The molecule has 26 heavy (non-hydrogen) atoms. The fraction of sp³-hybridized carbons (Fsp3) is 0.294. The minimum atomic E-state index is -3.76. The van der Waals surface area contributed by atoms with Crippen LogP contribution in [0.15, 0.2) is 52.3 Å². The number of hydrogen-bond acceptors (Lipinski definition) is 6. The number of nitrogens with zero attached hydrogens (tertiary/aromatic N) is 2. The van der Waals surface area contributed by atoms with Crippen molar-refractivity contribution in [3.8, 4) is 0 Å². The van der Waals surface area contributed by atoms with Crippen molar-refractivity contribution < 1.29 is 17.9 Å². The third-order valence-electron chi connectivity index (χ3n) is 3.74. The minimum Gasteiger partial charge on any atom is -0.458 e. The molecular weight excluding hydrogens is 374 g/mol. The van der Waals surface area contributed by atoms with Crippen LogP contribution in [0.3, 0.4) is 0 Å². The lowest BCUT2D eigenvalue weighted by molar-refractivity contribution is -0.148. The Morgan fingerprint density at radius 3 is 2.77 bits per heavy atom. The summed E-state index contributed by atoms with van der Waals surface area (Å²) in [6, 6.07) is 7.75. The molecule has 3 aromatic heterocycles. The van der Waals surface area contributed by atoms with Crippen LogP contribution in [0.4, 0.5) is 0 Å². The third kappa shape index (κ3) is 4.12. The molecular formula is C17H19N3O4S2. The molecule has 0 aromatic carbocycles. The quantitative estimate of drug-likeness (QED) is 0.623. The number of imidazole rings is 1. The smallest absolute Gasteiger partial charge is 0.324 e. The van der Waals surface area contributed by atoms with E-state index < -0.39 is 22.0 Å². The summed E-state index contributed by atoms with van der Waals surface area (Å²) < 4.78 is 34.5. The van der Waals surface area contributed by atoms with Crippen LogP contribution in [0.2, 0.25) is 0 Å². The van der Waals surface area contributed by atoms with Crippen LogP contribution in [0, 0.1) is 5.92 Å². The first-order valence-electron chi connectivity index (χ1n) is 8.02. The van der Waals surface area contributed by atoms with E-state index in [1.807, 2.05) is 28.8 Å². The zero-order valence-corrected chi connectivity index (χ0v) is 16.0. The van der Waals surface area contributed by atoms with Gasteiger partial charge in [-0.1, -0.05) is 26.0 Å². The highest BCUT2D eigenvalue weighted by Gasteiger charge is 2.30. The van der Waals surface area contributed by atoms with Crippen molar-refractivity contribution in [2.45, 2.75) is 30.7 Å². The first-order chi connectivity index (χ1) is 12.4. The van der Waals surface area contributed by atoms with Crippen LogP contribution in [-0.4, -0.2) is 29.8 Å². The lowest BCUT2D eigenvalue weighted by Crippen LogP contribution is -2.45. The summed E-state index contributed by atoms with van der Waals surface area (Å²) in [4.78, 5) is 16.8. The molecule has 0 saturated carbocycles. The summed E-state index contributed by atoms with van der Waals surface area (Å²) in [6.07, 6.45) is 3.61. The topological polar surface area (TPSA) is 89.8 Å². The van der Waals surface area contributed by atoms with Crippen LogP contribution in [0.25, 0.3) is 5.65 Å². The van der Waals surface area contributed by atoms with Gasteiger partial charge in [0.25, 0.3) is 10.0 Å². The molecule has 0 amide bonds. The van der Waals surface area contributed by atoms with E-state index in [4.69, 9.17) is 4.74 Å². The standard InChI is InChI=1S/C17H19N3O4S2/c1-12(2)16(19-26(22,23)15-7-5-9-25-15)17(21)24-11-13-10-20-8-4-3-6-14(20)18-13/h3-10,12,16,19H,11H2,1-2H3/t16-/m0/s1. The maximum Gasteiger partial charge on any atom is 0.324 e. The van der Waals surface area contributed by atoms with Gasteiger partial charge in [-0.3, -0.25) is 4.79 Å². The van der Waals surface area contributed by atoms with Crippen molar-refractivity contribution >= 4 is 33.0 Å². The molecule has 0 aliphatic carbocycles. The SMILES string of the molecule is CC(C)[C@H](NS(=O)(=O)c1cccs1)C(=O)OCc1cn2ccccc2n1. The lowest BCUT2D eigenvalue weighted by Gasteiger charge is -2.20. The van der Waals surface area contributed by atoms with Crippen molar-refractivity contribution in [1.82, 2.24) is 14.1 Å². The predicted octanol–water partition coefficient (Wildman–Crippen LogP) is 2.44. The number of carbonyl (C=O) groups is 1. The number of fused-ring (bicyclic) bond motifs is 1. The number of aromatic nitrogens is 2. The van der Waals surface area contributed by atoms with E-state index >= 15 is 0 Å². The maximum absolute atomic E-state index is 12.4. The van der Waals surface area contributed by atoms with Gasteiger partial charge >= 0.3 is 5.97 Å². The van der Waals surface area contributed by atoms with Crippen LogP contribution in [0.1, 0.15) is 19.5 Å². The molecule has 0 aliphatic rings. The fourth-order valence-corrected chi connectivity index (χ4v) is 4.73. The molecule has 0 unspecified atom stereocenters. The number of carbonyl (C=O) groups excluding carboxylic acids is 1. The molecule has 0 spiro atoms. The number of hydrogen-bond donors (Lipinski definition) is 1. The second-order valence-corrected chi connectivity index (χ2v) is 8.97. The van der Waals surface area contributed by atoms with Gasteiger partial charge in [0.15, 0.2) is 0 Å². The lowest BCUT2D eigenvalue weighted by atomic mass is 10.1. The highest BCUT2D eigenvalue weighted by molar-refractivity contribution is 7.91. The average Bonchev–Trinajstić information content (AvgIpc) is 3.26. The second-order valence-electron chi connectivity index (χ2n) is 6.08. The van der Waals surface area contributed by atoms with Crippen LogP contribution >= 0.6 is 11.3 Å². The van der Waals surface area contributed by atoms with Crippen molar-refractivity contribution in [1.29, 1.82) is 0 Å². The molecule has 1 atom stereocenters. The van der Waals surface area contributed by atoms with Gasteiger partial charge in [0.1, 0.15) is 22.5 Å². The van der Waals surface area contributed by atoms with Gasteiger partial charge in [-0.25, -0.2) is 13.4 Å². The highest BCUT2D eigenvalue weighted by Crippen LogP contribution is 2.18. The number of nitrogens with one attached hydrogen (secondary N) is 1. The van der Waals surface area contributed by atoms with Crippen LogP contribution < -0.4 is 4.72 Å². The van der Waals surface area contributed by atoms with E-state index in [0.29, 0.717) is 5.69 Å². The fourth-order valence-electron chi connectivity index (χ4n) is 2.39. The maximum atomic E-state index is 12.4. The Kier molecular flexibility index (Phi) is 5.40. The minimum absolute atomic E-state index is 0.0234. The van der Waals surface area contributed by atoms with Crippen molar-refractivity contribution in [2.24, 2.45) is 5.92 Å². The molecule has 0 radical (unpaired) electrons. The zero-order chi connectivity index (χ0) is 18.7. The monoisotopic (exact) mass is 393 g/mol. The van der Waals surface area contributed by atoms with E-state index in [9.17, 15) is 13.2 Å². The Labute approximate surface area is 155 Å². The summed E-state index contributed by atoms with van der Waals surface area (Å²) in [5.41, 5.74) is 1.34. The molecule has 7 nitrogen and oxygen atoms in total. The van der Waals surface area contributed by atoms with Crippen molar-refractivity contribution in [3.05, 3.63) is 53.8 Å². The predicted molar refractivity (Wildman–Crippen MR) is 98.3 cm³/mol. The van der Waals surface area contributed by atoms with Gasteiger partial charge in [-0.15, -0.1) is 11.3 Å². The van der Waals surface area contributed by atoms with Gasteiger partial charge in [-0.2, -0.15) is 4.72 Å². The summed E-state index contributed by atoms with van der Waals surface area (Å²) in [5, 5.41) is 1.67. The zero-order valence-electron chi connectivity index (χ0n) is 14.3. The number of esters is 1. The highest BCUT2D eigenvalue weighted by atomic mass is 32.2. The van der Waals surface area contributed by atoms with Gasteiger partial charge < -0.3 is 9.14 Å².